The zero-order chi connectivity index (χ0) is 13.9. The predicted molar refractivity (Wildman–Crippen MR) is 78.3 cm³/mol. The maximum absolute atomic E-state index is 11.6. The van der Waals surface area contributed by atoms with Crippen LogP contribution in [0.15, 0.2) is 66.9 Å². The third-order valence-corrected chi connectivity index (χ3v) is 3.06. The molecule has 1 N–H and O–H groups in total. The summed E-state index contributed by atoms with van der Waals surface area (Å²) in [6.45, 7) is 0. The van der Waals surface area contributed by atoms with E-state index < -0.39 is 6.09 Å². The predicted octanol–water partition coefficient (Wildman–Crippen LogP) is 4.05. The molecule has 2 aromatic carbocycles. The highest BCUT2D eigenvalue weighted by Gasteiger charge is 2.19. The van der Waals surface area contributed by atoms with E-state index in [1.807, 2.05) is 42.5 Å². The number of hydrogen-bond donors (Lipinski definition) is 1. The number of aromatic nitrogens is 1. The number of fused-ring (bicyclic) bond motifs is 1. The average Bonchev–Trinajstić information content (AvgIpc) is 2.48. The van der Waals surface area contributed by atoms with E-state index in [0.717, 1.165) is 5.39 Å². The number of para-hydroxylation sites is 2. The van der Waals surface area contributed by atoms with Gasteiger partial charge in [-0.25, -0.2) is 9.69 Å². The molecule has 0 aliphatic heterocycles. The van der Waals surface area contributed by atoms with Crippen molar-refractivity contribution in [1.29, 1.82) is 0 Å². The molecule has 1 amide bonds. The molecule has 0 saturated heterocycles. The van der Waals surface area contributed by atoms with Gasteiger partial charge >= 0.3 is 6.09 Å². The molecule has 0 aliphatic carbocycles. The van der Waals surface area contributed by atoms with Crippen molar-refractivity contribution in [1.82, 2.24) is 4.98 Å². The molecule has 3 rings (SSSR count). The molecular weight excluding hydrogens is 252 g/mol. The van der Waals surface area contributed by atoms with E-state index in [0.29, 0.717) is 16.9 Å². The van der Waals surface area contributed by atoms with Crippen molar-refractivity contribution in [3.8, 4) is 0 Å². The molecular formula is C16H12N2O2. The van der Waals surface area contributed by atoms with E-state index in [9.17, 15) is 9.90 Å². The zero-order valence-corrected chi connectivity index (χ0v) is 10.6. The Hall–Kier alpha value is -2.88. The first-order chi connectivity index (χ1) is 9.77. The number of carbonyl (C=O) groups is 1. The largest absolute Gasteiger partial charge is 0.464 e. The van der Waals surface area contributed by atoms with Crippen LogP contribution in [0.2, 0.25) is 0 Å². The number of pyridine rings is 1. The molecule has 0 radical (unpaired) electrons. The maximum atomic E-state index is 11.6. The zero-order valence-electron chi connectivity index (χ0n) is 10.6. The molecule has 20 heavy (non-hydrogen) atoms. The topological polar surface area (TPSA) is 53.4 Å². The van der Waals surface area contributed by atoms with Crippen molar-refractivity contribution in [3.05, 3.63) is 66.9 Å². The molecule has 0 unspecified atom stereocenters. The fraction of sp³-hybridized carbons (Fsp3) is 0. The highest BCUT2D eigenvalue weighted by Crippen LogP contribution is 2.30. The van der Waals surface area contributed by atoms with Crippen LogP contribution in [-0.2, 0) is 0 Å². The molecule has 4 nitrogen and oxygen atoms in total. The summed E-state index contributed by atoms with van der Waals surface area (Å²) in [6, 6.07) is 18.2. The van der Waals surface area contributed by atoms with Gasteiger partial charge < -0.3 is 5.11 Å². The molecule has 0 atom stereocenters. The Bertz CT molecular complexity index is 751. The van der Waals surface area contributed by atoms with Gasteiger partial charge in [-0.1, -0.05) is 36.4 Å². The standard InChI is InChI=1S/C16H12N2O2/c19-16(20)18(13-8-2-1-3-9-13)14-10-4-6-12-7-5-11-17-15(12)14/h1-11H,(H,19,20). The molecule has 1 aromatic heterocycles. The molecule has 0 spiro atoms. The van der Waals surface area contributed by atoms with Crippen LogP contribution in [0.5, 0.6) is 0 Å². The fourth-order valence-electron chi connectivity index (χ4n) is 2.20. The number of rotatable bonds is 2. The Morgan fingerprint density at radius 2 is 1.70 bits per heavy atom. The molecule has 0 aliphatic rings. The van der Waals surface area contributed by atoms with Gasteiger partial charge in [0.2, 0.25) is 0 Å². The smallest absolute Gasteiger partial charge is 0.416 e. The number of carboxylic acid groups (broad SMARTS) is 1. The van der Waals surface area contributed by atoms with E-state index in [-0.39, 0.29) is 0 Å². The molecule has 0 bridgehead atoms. The van der Waals surface area contributed by atoms with Gasteiger partial charge in [-0.2, -0.15) is 0 Å². The molecule has 1 heterocycles. The number of hydrogen-bond acceptors (Lipinski definition) is 2. The average molecular weight is 264 g/mol. The van der Waals surface area contributed by atoms with E-state index in [1.54, 1.807) is 24.4 Å². The molecule has 0 saturated carbocycles. The van der Waals surface area contributed by atoms with Gasteiger partial charge in [-0.15, -0.1) is 0 Å². The normalized spacial score (nSPS) is 10.4. The van der Waals surface area contributed by atoms with E-state index >= 15 is 0 Å². The first-order valence-corrected chi connectivity index (χ1v) is 6.19. The van der Waals surface area contributed by atoms with Gasteiger partial charge in [0.1, 0.15) is 0 Å². The van der Waals surface area contributed by atoms with E-state index in [2.05, 4.69) is 4.98 Å². The van der Waals surface area contributed by atoms with Crippen LogP contribution in [-0.4, -0.2) is 16.2 Å². The minimum atomic E-state index is -1.03. The van der Waals surface area contributed by atoms with Gasteiger partial charge in [-0.3, -0.25) is 4.98 Å². The minimum absolute atomic E-state index is 0.557. The lowest BCUT2D eigenvalue weighted by Crippen LogP contribution is -2.23. The van der Waals surface area contributed by atoms with Gasteiger partial charge in [0.15, 0.2) is 0 Å². The van der Waals surface area contributed by atoms with Crippen molar-refractivity contribution in [2.45, 2.75) is 0 Å². The third-order valence-electron chi connectivity index (χ3n) is 3.06. The van der Waals surface area contributed by atoms with Crippen molar-refractivity contribution in [3.63, 3.8) is 0 Å². The van der Waals surface area contributed by atoms with Crippen LogP contribution >= 0.6 is 0 Å². The van der Waals surface area contributed by atoms with Crippen LogP contribution in [0.3, 0.4) is 0 Å². The second kappa shape index (κ2) is 5.01. The van der Waals surface area contributed by atoms with E-state index in [1.165, 1.54) is 4.90 Å². The Balaban J connectivity index is 2.23. The SMILES string of the molecule is O=C(O)N(c1ccccc1)c1cccc2cccnc12. The number of anilines is 2. The summed E-state index contributed by atoms with van der Waals surface area (Å²) in [7, 11) is 0. The highest BCUT2D eigenvalue weighted by molar-refractivity contribution is 6.03. The van der Waals surface area contributed by atoms with Gasteiger partial charge in [-0.05, 0) is 24.3 Å². The maximum Gasteiger partial charge on any atom is 0.416 e. The van der Waals surface area contributed by atoms with Gasteiger partial charge in [0, 0.05) is 11.6 Å². The number of amides is 1. The van der Waals surface area contributed by atoms with Crippen molar-refractivity contribution in [2.75, 3.05) is 4.90 Å². The van der Waals surface area contributed by atoms with Crippen molar-refractivity contribution in [2.24, 2.45) is 0 Å². The second-order valence-corrected chi connectivity index (χ2v) is 4.31. The lowest BCUT2D eigenvalue weighted by atomic mass is 10.1. The van der Waals surface area contributed by atoms with Crippen LogP contribution in [0, 0.1) is 0 Å². The summed E-state index contributed by atoms with van der Waals surface area (Å²) in [5.41, 5.74) is 1.82. The molecule has 98 valence electrons. The monoisotopic (exact) mass is 264 g/mol. The van der Waals surface area contributed by atoms with Crippen LogP contribution in [0.4, 0.5) is 16.2 Å². The first-order valence-electron chi connectivity index (χ1n) is 6.19. The van der Waals surface area contributed by atoms with Crippen LogP contribution < -0.4 is 4.90 Å². The Morgan fingerprint density at radius 3 is 2.45 bits per heavy atom. The van der Waals surface area contributed by atoms with Crippen LogP contribution in [0.1, 0.15) is 0 Å². The van der Waals surface area contributed by atoms with Crippen LogP contribution in [0.25, 0.3) is 10.9 Å². The third kappa shape index (κ3) is 2.07. The number of benzene rings is 2. The quantitative estimate of drug-likeness (QED) is 0.759. The van der Waals surface area contributed by atoms with Crippen molar-refractivity contribution >= 4 is 28.4 Å². The molecule has 4 heteroatoms. The number of nitrogens with zero attached hydrogens (tertiary/aromatic N) is 2. The first kappa shape index (κ1) is 12.2. The molecule has 0 fully saturated rings. The van der Waals surface area contributed by atoms with Gasteiger partial charge in [0.25, 0.3) is 0 Å². The Kier molecular flexibility index (Phi) is 3.05. The summed E-state index contributed by atoms with van der Waals surface area (Å²) in [6.07, 6.45) is 0.631. The summed E-state index contributed by atoms with van der Waals surface area (Å²) in [4.78, 5) is 17.2. The Morgan fingerprint density at radius 1 is 0.950 bits per heavy atom. The highest BCUT2D eigenvalue weighted by atomic mass is 16.4. The lowest BCUT2D eigenvalue weighted by molar-refractivity contribution is 0.205. The lowest BCUT2D eigenvalue weighted by Gasteiger charge is -2.20. The van der Waals surface area contributed by atoms with E-state index in [4.69, 9.17) is 0 Å². The molecule has 3 aromatic rings. The summed E-state index contributed by atoms with van der Waals surface area (Å²) < 4.78 is 0. The fourth-order valence-corrected chi connectivity index (χ4v) is 2.20. The summed E-state index contributed by atoms with van der Waals surface area (Å²) in [5, 5.41) is 10.4. The Labute approximate surface area is 115 Å². The summed E-state index contributed by atoms with van der Waals surface area (Å²) >= 11 is 0. The summed E-state index contributed by atoms with van der Waals surface area (Å²) in [5.74, 6) is 0. The van der Waals surface area contributed by atoms with Crippen molar-refractivity contribution < 1.29 is 9.90 Å². The minimum Gasteiger partial charge on any atom is -0.464 e. The second-order valence-electron chi connectivity index (χ2n) is 4.31. The van der Waals surface area contributed by atoms with Gasteiger partial charge in [0.05, 0.1) is 16.9 Å².